The highest BCUT2D eigenvalue weighted by Gasteiger charge is 2.51. The van der Waals surface area contributed by atoms with E-state index in [9.17, 15) is 9.59 Å². The third kappa shape index (κ3) is 4.14. The van der Waals surface area contributed by atoms with Gasteiger partial charge in [0.25, 0.3) is 5.91 Å². The molecular formula is C21H25NO3S. The second-order valence-corrected chi connectivity index (χ2v) is 9.07. The Morgan fingerprint density at radius 2 is 1.69 bits per heavy atom. The first kappa shape index (κ1) is 17.7. The second-order valence-electron chi connectivity index (χ2n) is 8.09. The molecule has 4 fully saturated rings. The molecule has 0 atom stereocenters. The minimum absolute atomic E-state index is 0.0305. The molecule has 0 aliphatic heterocycles. The number of benzene rings is 1. The van der Waals surface area contributed by atoms with Crippen LogP contribution in [-0.4, -0.2) is 24.0 Å². The standard InChI is InChI=1S/C21H25NO3S/c23-19(14-25-20(24)6-7-26-18-4-2-1-3-5-18)22-21-11-15-8-16(12-21)10-17(9-15)13-21/h1-7,15-17H,8-14H2,(H,22,23)/b7-6+. The summed E-state index contributed by atoms with van der Waals surface area (Å²) in [4.78, 5) is 25.2. The van der Waals surface area contributed by atoms with Crippen LogP contribution in [0.2, 0.25) is 0 Å². The quantitative estimate of drug-likeness (QED) is 0.468. The van der Waals surface area contributed by atoms with Gasteiger partial charge in [0.15, 0.2) is 6.61 Å². The first-order valence-corrected chi connectivity index (χ1v) is 10.3. The van der Waals surface area contributed by atoms with Gasteiger partial charge in [-0.2, -0.15) is 0 Å². The lowest BCUT2D eigenvalue weighted by Crippen LogP contribution is -2.60. The van der Waals surface area contributed by atoms with Crippen LogP contribution in [0.1, 0.15) is 38.5 Å². The Kier molecular flexibility index (Phi) is 5.07. The van der Waals surface area contributed by atoms with Gasteiger partial charge in [-0.25, -0.2) is 4.79 Å². The monoisotopic (exact) mass is 371 g/mol. The van der Waals surface area contributed by atoms with Gasteiger partial charge >= 0.3 is 5.97 Å². The summed E-state index contributed by atoms with van der Waals surface area (Å²) in [5.41, 5.74) is -0.0305. The van der Waals surface area contributed by atoms with Crippen LogP contribution in [-0.2, 0) is 14.3 Å². The molecule has 26 heavy (non-hydrogen) atoms. The Bertz CT molecular complexity index is 665. The summed E-state index contributed by atoms with van der Waals surface area (Å²) >= 11 is 1.45. The van der Waals surface area contributed by atoms with Gasteiger partial charge in [0.1, 0.15) is 0 Å². The highest BCUT2D eigenvalue weighted by atomic mass is 32.2. The topological polar surface area (TPSA) is 55.4 Å². The molecule has 0 aromatic heterocycles. The fraction of sp³-hybridized carbons (Fsp3) is 0.524. The lowest BCUT2D eigenvalue weighted by Gasteiger charge is -2.56. The maximum atomic E-state index is 12.3. The summed E-state index contributed by atoms with van der Waals surface area (Å²) in [6.07, 6.45) is 8.70. The van der Waals surface area contributed by atoms with Gasteiger partial charge in [0, 0.05) is 16.5 Å². The van der Waals surface area contributed by atoms with Crippen LogP contribution in [0.25, 0.3) is 0 Å². The van der Waals surface area contributed by atoms with Gasteiger partial charge in [-0.3, -0.25) is 4.79 Å². The number of rotatable bonds is 6. The van der Waals surface area contributed by atoms with Gasteiger partial charge in [-0.15, -0.1) is 0 Å². The number of nitrogens with one attached hydrogen (secondary N) is 1. The first-order valence-electron chi connectivity index (χ1n) is 9.46. The number of ether oxygens (including phenoxy) is 1. The summed E-state index contributed by atoms with van der Waals surface area (Å²) in [7, 11) is 0. The van der Waals surface area contributed by atoms with Crippen molar-refractivity contribution in [2.45, 2.75) is 49.0 Å². The lowest BCUT2D eigenvalue weighted by molar-refractivity contribution is -0.145. The molecule has 1 aromatic carbocycles. The zero-order chi connectivity index (χ0) is 18.0. The SMILES string of the molecule is O=C(COC(=O)/C=C/Sc1ccccc1)NC12CC3CC(CC(C3)C1)C2. The average molecular weight is 372 g/mol. The number of hydrogen-bond donors (Lipinski definition) is 1. The molecule has 0 radical (unpaired) electrons. The molecule has 0 unspecified atom stereocenters. The van der Waals surface area contributed by atoms with Crippen molar-refractivity contribution in [2.75, 3.05) is 6.61 Å². The third-order valence-electron chi connectivity index (χ3n) is 5.94. The van der Waals surface area contributed by atoms with E-state index in [4.69, 9.17) is 4.74 Å². The van der Waals surface area contributed by atoms with Gasteiger partial charge in [0.05, 0.1) is 0 Å². The largest absolute Gasteiger partial charge is 0.452 e. The number of carbonyl (C=O) groups excluding carboxylic acids is 2. The minimum Gasteiger partial charge on any atom is -0.452 e. The molecule has 4 aliphatic rings. The van der Waals surface area contributed by atoms with Gasteiger partial charge in [-0.1, -0.05) is 30.0 Å². The molecule has 0 heterocycles. The Labute approximate surface area is 158 Å². The third-order valence-corrected chi connectivity index (χ3v) is 6.76. The van der Waals surface area contributed by atoms with Crippen LogP contribution in [0.4, 0.5) is 0 Å². The Morgan fingerprint density at radius 1 is 1.08 bits per heavy atom. The molecule has 0 saturated heterocycles. The molecule has 0 spiro atoms. The maximum Gasteiger partial charge on any atom is 0.331 e. The number of hydrogen-bond acceptors (Lipinski definition) is 4. The van der Waals surface area contributed by atoms with Crippen LogP contribution in [0.15, 0.2) is 46.7 Å². The minimum atomic E-state index is -0.478. The van der Waals surface area contributed by atoms with Crippen molar-refractivity contribution in [3.05, 3.63) is 41.8 Å². The highest BCUT2D eigenvalue weighted by molar-refractivity contribution is 8.02. The molecule has 4 aliphatic carbocycles. The van der Waals surface area contributed by atoms with Gasteiger partial charge in [-0.05, 0) is 73.8 Å². The molecule has 5 heteroatoms. The van der Waals surface area contributed by atoms with E-state index in [1.165, 1.54) is 37.1 Å². The fourth-order valence-electron chi connectivity index (χ4n) is 5.45. The van der Waals surface area contributed by atoms with E-state index in [-0.39, 0.29) is 18.1 Å². The summed E-state index contributed by atoms with van der Waals surface area (Å²) < 4.78 is 5.10. The maximum absolute atomic E-state index is 12.3. The van der Waals surface area contributed by atoms with Crippen LogP contribution in [0.3, 0.4) is 0 Å². The van der Waals surface area contributed by atoms with E-state index in [1.54, 1.807) is 5.41 Å². The highest BCUT2D eigenvalue weighted by Crippen LogP contribution is 2.55. The summed E-state index contributed by atoms with van der Waals surface area (Å²) in [6.45, 7) is -0.194. The molecular weight excluding hydrogens is 346 g/mol. The van der Waals surface area contributed by atoms with Crippen LogP contribution in [0, 0.1) is 17.8 Å². The normalized spacial score (nSPS) is 31.9. The Hall–Kier alpha value is -1.75. The summed E-state index contributed by atoms with van der Waals surface area (Å²) in [5, 5.41) is 4.91. The second kappa shape index (κ2) is 7.47. The van der Waals surface area contributed by atoms with Gasteiger partial charge in [0.2, 0.25) is 0 Å². The zero-order valence-electron chi connectivity index (χ0n) is 14.9. The van der Waals surface area contributed by atoms with Crippen molar-refractivity contribution in [1.82, 2.24) is 5.32 Å². The molecule has 5 rings (SSSR count). The summed E-state index contributed by atoms with van der Waals surface area (Å²) in [5.74, 6) is 1.70. The van der Waals surface area contributed by atoms with E-state index in [0.29, 0.717) is 0 Å². The molecule has 4 nitrogen and oxygen atoms in total. The first-order chi connectivity index (χ1) is 12.6. The van der Waals surface area contributed by atoms with Crippen LogP contribution >= 0.6 is 11.8 Å². The van der Waals surface area contributed by atoms with Crippen molar-refractivity contribution in [1.29, 1.82) is 0 Å². The molecule has 1 N–H and O–H groups in total. The van der Waals surface area contributed by atoms with E-state index in [1.807, 2.05) is 30.3 Å². The Morgan fingerprint density at radius 3 is 2.31 bits per heavy atom. The van der Waals surface area contributed by atoms with Crippen molar-refractivity contribution < 1.29 is 14.3 Å². The number of esters is 1. The van der Waals surface area contributed by atoms with E-state index in [2.05, 4.69) is 5.32 Å². The number of thioether (sulfide) groups is 1. The van der Waals surface area contributed by atoms with Crippen molar-refractivity contribution in [3.8, 4) is 0 Å². The van der Waals surface area contributed by atoms with E-state index >= 15 is 0 Å². The molecule has 4 saturated carbocycles. The fourth-order valence-corrected chi connectivity index (χ4v) is 6.10. The molecule has 4 bridgehead atoms. The van der Waals surface area contributed by atoms with Crippen LogP contribution in [0.5, 0.6) is 0 Å². The van der Waals surface area contributed by atoms with Gasteiger partial charge < -0.3 is 10.1 Å². The van der Waals surface area contributed by atoms with Crippen molar-refractivity contribution in [3.63, 3.8) is 0 Å². The van der Waals surface area contributed by atoms with Crippen LogP contribution < -0.4 is 5.32 Å². The van der Waals surface area contributed by atoms with E-state index < -0.39 is 5.97 Å². The zero-order valence-corrected chi connectivity index (χ0v) is 15.7. The molecule has 138 valence electrons. The predicted octanol–water partition coefficient (Wildman–Crippen LogP) is 3.92. The van der Waals surface area contributed by atoms with Crippen molar-refractivity contribution in [2.24, 2.45) is 17.8 Å². The Balaban J connectivity index is 1.22. The predicted molar refractivity (Wildman–Crippen MR) is 101 cm³/mol. The lowest BCUT2D eigenvalue weighted by atomic mass is 9.53. The number of carbonyl (C=O) groups is 2. The number of amides is 1. The molecule has 1 amide bonds. The molecule has 1 aromatic rings. The van der Waals surface area contributed by atoms with Crippen molar-refractivity contribution >= 4 is 23.6 Å². The average Bonchev–Trinajstić information content (AvgIpc) is 2.59. The summed E-state index contributed by atoms with van der Waals surface area (Å²) in [6, 6.07) is 9.79. The van der Waals surface area contributed by atoms with E-state index in [0.717, 1.165) is 41.9 Å². The smallest absolute Gasteiger partial charge is 0.331 e.